The molecule has 1 aromatic rings. The Labute approximate surface area is 117 Å². The van der Waals surface area contributed by atoms with Crippen LogP contribution < -0.4 is 0 Å². The molecule has 0 N–H and O–H groups in total. The van der Waals surface area contributed by atoms with Crippen molar-refractivity contribution >= 4 is 21.8 Å². The highest BCUT2D eigenvalue weighted by atomic mass is 79.9. The smallest absolute Gasteiger partial charge is 0.227 e. The van der Waals surface area contributed by atoms with E-state index < -0.39 is 0 Å². The first kappa shape index (κ1) is 14.7. The summed E-state index contributed by atoms with van der Waals surface area (Å²) in [5, 5.41) is 8.61. The van der Waals surface area contributed by atoms with Crippen molar-refractivity contribution in [2.45, 2.75) is 32.7 Å². The van der Waals surface area contributed by atoms with Gasteiger partial charge in [0.15, 0.2) is 0 Å². The molecule has 0 radical (unpaired) electrons. The van der Waals surface area contributed by atoms with Gasteiger partial charge in [0, 0.05) is 17.1 Å². The fraction of sp³-hybridized carbons (Fsp3) is 0.429. The van der Waals surface area contributed by atoms with Crippen molar-refractivity contribution in [1.29, 1.82) is 5.26 Å². The Hall–Kier alpha value is -1.34. The van der Waals surface area contributed by atoms with Crippen LogP contribution in [0.5, 0.6) is 0 Å². The number of hydrogen-bond acceptors (Lipinski definition) is 2. The molecule has 0 heterocycles. The van der Waals surface area contributed by atoms with Crippen LogP contribution >= 0.6 is 15.9 Å². The predicted molar refractivity (Wildman–Crippen MR) is 74.9 cm³/mol. The van der Waals surface area contributed by atoms with Gasteiger partial charge < -0.3 is 4.90 Å². The van der Waals surface area contributed by atoms with E-state index in [1.165, 1.54) is 0 Å². The molecule has 0 aliphatic heterocycles. The highest BCUT2D eigenvalue weighted by Gasteiger charge is 2.16. The van der Waals surface area contributed by atoms with Crippen LogP contribution in [0.3, 0.4) is 0 Å². The zero-order valence-corrected chi connectivity index (χ0v) is 12.3. The van der Waals surface area contributed by atoms with Crippen LogP contribution in [0.1, 0.15) is 25.8 Å². The third kappa shape index (κ3) is 4.50. The number of rotatable bonds is 5. The summed E-state index contributed by atoms with van der Waals surface area (Å²) in [4.78, 5) is 13.9. The molecule has 1 amide bonds. The molecule has 3 nitrogen and oxygen atoms in total. The maximum absolute atomic E-state index is 12.1. The molecule has 0 bridgehead atoms. The summed E-state index contributed by atoms with van der Waals surface area (Å²) in [5.74, 6) is 0.0718. The van der Waals surface area contributed by atoms with E-state index >= 15 is 0 Å². The number of carbonyl (C=O) groups is 1. The highest BCUT2D eigenvalue weighted by Crippen LogP contribution is 2.12. The largest absolute Gasteiger partial charge is 0.339 e. The SMILES string of the molecule is CC(C)N(CCC#N)C(=O)Cc1ccc(Br)cc1. The van der Waals surface area contributed by atoms with Crippen LogP contribution in [0.2, 0.25) is 0 Å². The van der Waals surface area contributed by atoms with Crippen molar-refractivity contribution in [1.82, 2.24) is 4.90 Å². The van der Waals surface area contributed by atoms with Gasteiger partial charge in [-0.1, -0.05) is 28.1 Å². The molecule has 0 saturated heterocycles. The first-order valence-corrected chi connectivity index (χ1v) is 6.74. The molecule has 1 aromatic carbocycles. The maximum Gasteiger partial charge on any atom is 0.227 e. The van der Waals surface area contributed by atoms with Crippen molar-refractivity contribution in [3.8, 4) is 6.07 Å². The summed E-state index contributed by atoms with van der Waals surface area (Å²) in [5.41, 5.74) is 0.991. The first-order chi connectivity index (χ1) is 8.54. The van der Waals surface area contributed by atoms with Gasteiger partial charge in [-0.2, -0.15) is 5.26 Å². The lowest BCUT2D eigenvalue weighted by Crippen LogP contribution is -2.38. The maximum atomic E-state index is 12.1. The topological polar surface area (TPSA) is 44.1 Å². The minimum absolute atomic E-state index is 0.0718. The summed E-state index contributed by atoms with van der Waals surface area (Å²) in [6.45, 7) is 4.44. The molecule has 4 heteroatoms. The molecule has 0 atom stereocenters. The van der Waals surface area contributed by atoms with E-state index in [0.29, 0.717) is 19.4 Å². The van der Waals surface area contributed by atoms with Crippen LogP contribution in [0.15, 0.2) is 28.7 Å². The van der Waals surface area contributed by atoms with Crippen LogP contribution in [0.4, 0.5) is 0 Å². The number of nitrogens with zero attached hydrogens (tertiary/aromatic N) is 2. The minimum Gasteiger partial charge on any atom is -0.339 e. The van der Waals surface area contributed by atoms with Crippen molar-refractivity contribution in [2.24, 2.45) is 0 Å². The Morgan fingerprint density at radius 3 is 2.50 bits per heavy atom. The molecule has 0 unspecified atom stereocenters. The van der Waals surface area contributed by atoms with E-state index in [1.807, 2.05) is 38.1 Å². The zero-order chi connectivity index (χ0) is 13.5. The second-order valence-electron chi connectivity index (χ2n) is 4.39. The molecule has 0 spiro atoms. The number of hydrogen-bond donors (Lipinski definition) is 0. The Morgan fingerprint density at radius 1 is 1.39 bits per heavy atom. The molecule has 96 valence electrons. The molecule has 0 fully saturated rings. The lowest BCUT2D eigenvalue weighted by Gasteiger charge is -2.26. The number of carbonyl (C=O) groups excluding carboxylic acids is 1. The fourth-order valence-electron chi connectivity index (χ4n) is 1.72. The molecular weight excluding hydrogens is 292 g/mol. The summed E-state index contributed by atoms with van der Waals surface area (Å²) in [7, 11) is 0. The number of benzene rings is 1. The lowest BCUT2D eigenvalue weighted by atomic mass is 10.1. The molecule has 1 rings (SSSR count). The third-order valence-corrected chi connectivity index (χ3v) is 3.21. The Bertz CT molecular complexity index is 434. The van der Waals surface area contributed by atoms with Crippen molar-refractivity contribution in [3.63, 3.8) is 0 Å². The average molecular weight is 309 g/mol. The first-order valence-electron chi connectivity index (χ1n) is 5.95. The fourth-order valence-corrected chi connectivity index (χ4v) is 1.98. The second kappa shape index (κ2) is 7.17. The monoisotopic (exact) mass is 308 g/mol. The lowest BCUT2D eigenvalue weighted by molar-refractivity contribution is -0.132. The van der Waals surface area contributed by atoms with Crippen LogP contribution in [-0.4, -0.2) is 23.4 Å². The highest BCUT2D eigenvalue weighted by molar-refractivity contribution is 9.10. The van der Waals surface area contributed by atoms with E-state index in [9.17, 15) is 4.79 Å². The van der Waals surface area contributed by atoms with Crippen molar-refractivity contribution in [3.05, 3.63) is 34.3 Å². The van der Waals surface area contributed by atoms with Gasteiger partial charge >= 0.3 is 0 Å². The van der Waals surface area contributed by atoms with E-state index in [1.54, 1.807) is 4.90 Å². The number of nitriles is 1. The standard InChI is InChI=1S/C14H17BrN2O/c1-11(2)17(9-3-8-16)14(18)10-12-4-6-13(15)7-5-12/h4-7,11H,3,9-10H2,1-2H3. The summed E-state index contributed by atoms with van der Waals surface area (Å²) in [6.07, 6.45) is 0.765. The van der Waals surface area contributed by atoms with Crippen LogP contribution in [0, 0.1) is 11.3 Å². The Kier molecular flexibility index (Phi) is 5.87. The van der Waals surface area contributed by atoms with Gasteiger partial charge in [-0.25, -0.2) is 0 Å². The summed E-state index contributed by atoms with van der Waals surface area (Å²) in [6, 6.07) is 9.93. The van der Waals surface area contributed by atoms with E-state index in [4.69, 9.17) is 5.26 Å². The quantitative estimate of drug-likeness (QED) is 0.838. The molecule has 18 heavy (non-hydrogen) atoms. The van der Waals surface area contributed by atoms with Gasteiger partial charge in [0.25, 0.3) is 0 Å². The van der Waals surface area contributed by atoms with Crippen LogP contribution in [0.25, 0.3) is 0 Å². The van der Waals surface area contributed by atoms with Crippen molar-refractivity contribution in [2.75, 3.05) is 6.54 Å². The molecule has 0 saturated carbocycles. The number of halogens is 1. The second-order valence-corrected chi connectivity index (χ2v) is 5.31. The molecular formula is C14H17BrN2O. The van der Waals surface area contributed by atoms with Gasteiger partial charge in [0.1, 0.15) is 0 Å². The molecule has 0 aliphatic rings. The number of amides is 1. The summed E-state index contributed by atoms with van der Waals surface area (Å²) >= 11 is 3.37. The van der Waals surface area contributed by atoms with Gasteiger partial charge in [-0.3, -0.25) is 4.79 Å². The van der Waals surface area contributed by atoms with E-state index in [2.05, 4.69) is 22.0 Å². The van der Waals surface area contributed by atoms with Crippen LogP contribution in [-0.2, 0) is 11.2 Å². The summed E-state index contributed by atoms with van der Waals surface area (Å²) < 4.78 is 1.00. The van der Waals surface area contributed by atoms with Gasteiger partial charge in [0.05, 0.1) is 18.9 Å². The molecule has 0 aliphatic carbocycles. The normalized spacial score (nSPS) is 10.2. The minimum atomic E-state index is 0.0718. The van der Waals surface area contributed by atoms with Gasteiger partial charge in [0.2, 0.25) is 5.91 Å². The Morgan fingerprint density at radius 2 is 2.00 bits per heavy atom. The van der Waals surface area contributed by atoms with Gasteiger partial charge in [-0.05, 0) is 31.5 Å². The van der Waals surface area contributed by atoms with Gasteiger partial charge in [-0.15, -0.1) is 0 Å². The van der Waals surface area contributed by atoms with E-state index in [0.717, 1.165) is 10.0 Å². The van der Waals surface area contributed by atoms with E-state index in [-0.39, 0.29) is 11.9 Å². The Balaban J connectivity index is 2.67. The van der Waals surface area contributed by atoms with Crippen molar-refractivity contribution < 1.29 is 4.79 Å². The average Bonchev–Trinajstić information content (AvgIpc) is 2.32. The predicted octanol–water partition coefficient (Wildman–Crippen LogP) is 3.14. The molecule has 0 aromatic heterocycles. The third-order valence-electron chi connectivity index (χ3n) is 2.68. The zero-order valence-electron chi connectivity index (χ0n) is 10.7.